The first-order valence-electron chi connectivity index (χ1n) is 7.07. The largest absolute Gasteiger partial charge is 0.423 e. The Hall–Kier alpha value is -1.82. The lowest BCUT2D eigenvalue weighted by Gasteiger charge is -2.28. The second-order valence-corrected chi connectivity index (χ2v) is 6.57. The predicted octanol–water partition coefficient (Wildman–Crippen LogP) is 2.89. The molecule has 1 aliphatic carbocycles. The third kappa shape index (κ3) is 2.44. The first kappa shape index (κ1) is 12.9. The Bertz CT molecular complexity index is 709. The van der Waals surface area contributed by atoms with Gasteiger partial charge in [0.1, 0.15) is 6.54 Å². The van der Waals surface area contributed by atoms with E-state index in [1.54, 1.807) is 16.7 Å². The molecule has 0 spiro atoms. The minimum atomic E-state index is 0.0857. The van der Waals surface area contributed by atoms with Crippen molar-refractivity contribution >= 4 is 23.4 Å². The van der Waals surface area contributed by atoms with Crippen molar-refractivity contribution in [2.75, 3.05) is 10.7 Å². The van der Waals surface area contributed by atoms with Gasteiger partial charge in [-0.25, -0.2) is 0 Å². The SMILES string of the molecule is Cc1ccc2c(c1)SCC(=O)N2Cc1nnc(C2CC2)o1. The third-order valence-electron chi connectivity index (χ3n) is 3.76. The summed E-state index contributed by atoms with van der Waals surface area (Å²) in [6.07, 6.45) is 2.26. The van der Waals surface area contributed by atoms with E-state index in [1.165, 1.54) is 5.56 Å². The molecule has 2 heterocycles. The normalized spacial score (nSPS) is 18.0. The maximum absolute atomic E-state index is 12.2. The van der Waals surface area contributed by atoms with E-state index in [1.807, 2.05) is 12.1 Å². The van der Waals surface area contributed by atoms with Gasteiger partial charge in [-0.1, -0.05) is 6.07 Å². The molecular formula is C15H15N3O2S. The van der Waals surface area contributed by atoms with Crippen molar-refractivity contribution in [2.24, 2.45) is 0 Å². The molecular weight excluding hydrogens is 286 g/mol. The highest BCUT2D eigenvalue weighted by molar-refractivity contribution is 8.00. The van der Waals surface area contributed by atoms with Gasteiger partial charge in [0.15, 0.2) is 0 Å². The van der Waals surface area contributed by atoms with Crippen LogP contribution >= 0.6 is 11.8 Å². The molecule has 0 radical (unpaired) electrons. The van der Waals surface area contributed by atoms with Crippen LogP contribution in [0.15, 0.2) is 27.5 Å². The van der Waals surface area contributed by atoms with E-state index in [9.17, 15) is 4.79 Å². The summed E-state index contributed by atoms with van der Waals surface area (Å²) in [5, 5.41) is 8.16. The molecule has 4 rings (SSSR count). The van der Waals surface area contributed by atoms with Crippen molar-refractivity contribution in [3.05, 3.63) is 35.5 Å². The number of benzene rings is 1. The number of hydrogen-bond donors (Lipinski definition) is 0. The first-order chi connectivity index (χ1) is 10.2. The highest BCUT2D eigenvalue weighted by atomic mass is 32.2. The second-order valence-electron chi connectivity index (χ2n) is 5.55. The maximum Gasteiger partial charge on any atom is 0.237 e. The molecule has 0 saturated heterocycles. The number of anilines is 1. The van der Waals surface area contributed by atoms with E-state index in [-0.39, 0.29) is 5.91 Å². The van der Waals surface area contributed by atoms with Crippen molar-refractivity contribution in [3.63, 3.8) is 0 Å². The summed E-state index contributed by atoms with van der Waals surface area (Å²) in [4.78, 5) is 15.1. The van der Waals surface area contributed by atoms with Gasteiger partial charge in [-0.15, -0.1) is 22.0 Å². The molecule has 1 fully saturated rings. The summed E-state index contributed by atoms with van der Waals surface area (Å²) in [6, 6.07) is 6.13. The van der Waals surface area contributed by atoms with Crippen LogP contribution in [0.25, 0.3) is 0 Å². The summed E-state index contributed by atoms with van der Waals surface area (Å²) in [5.74, 6) is 2.22. The summed E-state index contributed by atoms with van der Waals surface area (Å²) >= 11 is 1.59. The molecule has 6 heteroatoms. The Balaban J connectivity index is 1.62. The van der Waals surface area contributed by atoms with Gasteiger partial charge in [0.2, 0.25) is 17.7 Å². The molecule has 1 saturated carbocycles. The number of nitrogens with zero attached hydrogens (tertiary/aromatic N) is 3. The molecule has 1 aliphatic heterocycles. The maximum atomic E-state index is 12.2. The van der Waals surface area contributed by atoms with Crippen LogP contribution in [0.3, 0.4) is 0 Å². The van der Waals surface area contributed by atoms with Crippen molar-refractivity contribution in [1.82, 2.24) is 10.2 Å². The van der Waals surface area contributed by atoms with Gasteiger partial charge in [-0.05, 0) is 37.5 Å². The fourth-order valence-electron chi connectivity index (χ4n) is 2.45. The van der Waals surface area contributed by atoms with Crippen LogP contribution < -0.4 is 4.90 Å². The van der Waals surface area contributed by atoms with Crippen LogP contribution in [0.5, 0.6) is 0 Å². The van der Waals surface area contributed by atoms with Gasteiger partial charge >= 0.3 is 0 Å². The molecule has 2 aliphatic rings. The number of carbonyl (C=O) groups is 1. The van der Waals surface area contributed by atoms with E-state index in [0.717, 1.165) is 23.4 Å². The highest BCUT2D eigenvalue weighted by Crippen LogP contribution is 2.40. The molecule has 2 aromatic rings. The van der Waals surface area contributed by atoms with Crippen LogP contribution in [-0.2, 0) is 11.3 Å². The Kier molecular flexibility index (Phi) is 2.99. The molecule has 1 aromatic carbocycles. The first-order valence-corrected chi connectivity index (χ1v) is 8.05. The number of rotatable bonds is 3. The second kappa shape index (κ2) is 4.87. The Morgan fingerprint density at radius 3 is 3.05 bits per heavy atom. The highest BCUT2D eigenvalue weighted by Gasteiger charge is 2.31. The lowest BCUT2D eigenvalue weighted by atomic mass is 10.2. The fourth-order valence-corrected chi connectivity index (χ4v) is 3.48. The molecule has 0 unspecified atom stereocenters. The minimum Gasteiger partial charge on any atom is -0.423 e. The molecule has 0 N–H and O–H groups in total. The average Bonchev–Trinajstić information content (AvgIpc) is 3.22. The van der Waals surface area contributed by atoms with Crippen molar-refractivity contribution in [3.8, 4) is 0 Å². The molecule has 5 nitrogen and oxygen atoms in total. The zero-order chi connectivity index (χ0) is 14.4. The average molecular weight is 301 g/mol. The predicted molar refractivity (Wildman–Crippen MR) is 79.4 cm³/mol. The summed E-state index contributed by atoms with van der Waals surface area (Å²) in [7, 11) is 0. The van der Waals surface area contributed by atoms with Crippen LogP contribution in [0, 0.1) is 6.92 Å². The molecule has 108 valence electrons. The summed E-state index contributed by atoms with van der Waals surface area (Å²) in [5.41, 5.74) is 2.14. The molecule has 1 amide bonds. The third-order valence-corrected chi connectivity index (χ3v) is 4.79. The van der Waals surface area contributed by atoms with E-state index >= 15 is 0 Å². The topological polar surface area (TPSA) is 59.2 Å². The Labute approximate surface area is 126 Å². The zero-order valence-electron chi connectivity index (χ0n) is 11.7. The lowest BCUT2D eigenvalue weighted by Crippen LogP contribution is -2.34. The van der Waals surface area contributed by atoms with Gasteiger partial charge in [0.25, 0.3) is 0 Å². The molecule has 1 aromatic heterocycles. The smallest absolute Gasteiger partial charge is 0.237 e. The van der Waals surface area contributed by atoms with Crippen molar-refractivity contribution < 1.29 is 9.21 Å². The number of fused-ring (bicyclic) bond motifs is 1. The van der Waals surface area contributed by atoms with Gasteiger partial charge in [-0.3, -0.25) is 4.79 Å². The number of hydrogen-bond acceptors (Lipinski definition) is 5. The Morgan fingerprint density at radius 2 is 2.24 bits per heavy atom. The van der Waals surface area contributed by atoms with E-state index in [4.69, 9.17) is 4.42 Å². The lowest BCUT2D eigenvalue weighted by molar-refractivity contribution is -0.116. The standard InChI is InChI=1S/C15H15N3O2S/c1-9-2-5-11-12(6-9)21-8-14(19)18(11)7-13-16-17-15(20-13)10-3-4-10/h2,5-6,10H,3-4,7-8H2,1H3. The zero-order valence-corrected chi connectivity index (χ0v) is 12.5. The Morgan fingerprint density at radius 1 is 1.38 bits per heavy atom. The summed E-state index contributed by atoms with van der Waals surface area (Å²) < 4.78 is 5.67. The van der Waals surface area contributed by atoms with E-state index in [0.29, 0.717) is 30.0 Å². The van der Waals surface area contributed by atoms with Gasteiger partial charge < -0.3 is 9.32 Å². The quantitative estimate of drug-likeness (QED) is 0.872. The van der Waals surface area contributed by atoms with Gasteiger partial charge in [0.05, 0.1) is 11.4 Å². The number of thioether (sulfide) groups is 1. The van der Waals surface area contributed by atoms with E-state index in [2.05, 4.69) is 23.2 Å². The number of aryl methyl sites for hydroxylation is 1. The molecule has 0 bridgehead atoms. The van der Waals surface area contributed by atoms with Crippen molar-refractivity contribution in [1.29, 1.82) is 0 Å². The van der Waals surface area contributed by atoms with Gasteiger partial charge in [0, 0.05) is 10.8 Å². The number of carbonyl (C=O) groups excluding carboxylic acids is 1. The van der Waals surface area contributed by atoms with Crippen LogP contribution in [0.2, 0.25) is 0 Å². The monoisotopic (exact) mass is 301 g/mol. The number of amides is 1. The minimum absolute atomic E-state index is 0.0857. The molecule has 21 heavy (non-hydrogen) atoms. The van der Waals surface area contributed by atoms with Gasteiger partial charge in [-0.2, -0.15) is 0 Å². The van der Waals surface area contributed by atoms with Crippen LogP contribution in [0.1, 0.15) is 36.1 Å². The van der Waals surface area contributed by atoms with Crippen LogP contribution in [-0.4, -0.2) is 21.9 Å². The fraction of sp³-hybridized carbons (Fsp3) is 0.400. The number of aromatic nitrogens is 2. The molecule has 0 atom stereocenters. The summed E-state index contributed by atoms with van der Waals surface area (Å²) in [6.45, 7) is 2.41. The van der Waals surface area contributed by atoms with Crippen molar-refractivity contribution in [2.45, 2.75) is 37.1 Å². The van der Waals surface area contributed by atoms with Crippen LogP contribution in [0.4, 0.5) is 5.69 Å². The van der Waals surface area contributed by atoms with E-state index < -0.39 is 0 Å².